The largest absolute Gasteiger partial charge is 0.356 e. The number of nitrogens with zero attached hydrogens (tertiary/aromatic N) is 3. The fraction of sp³-hybridized carbons (Fsp3) is 0.417. The van der Waals surface area contributed by atoms with Crippen LogP contribution in [-0.4, -0.2) is 21.0 Å². The molecule has 0 bridgehead atoms. The Labute approximate surface area is 177 Å². The van der Waals surface area contributed by atoms with Gasteiger partial charge in [-0.15, -0.1) is 0 Å². The van der Waals surface area contributed by atoms with Gasteiger partial charge in [0.1, 0.15) is 5.82 Å². The number of aromatic nitrogens is 3. The molecule has 30 heavy (non-hydrogen) atoms. The molecule has 1 amide bonds. The average Bonchev–Trinajstić information content (AvgIpc) is 3.39. The third-order valence-electron chi connectivity index (χ3n) is 5.87. The van der Waals surface area contributed by atoms with Crippen molar-refractivity contribution >= 4 is 5.91 Å². The first-order valence-corrected chi connectivity index (χ1v) is 10.5. The number of aryl methyl sites for hydroxylation is 1. The Morgan fingerprint density at radius 2 is 1.93 bits per heavy atom. The second-order valence-electron chi connectivity index (χ2n) is 8.60. The number of hydrogen-bond donors (Lipinski definition) is 1. The molecule has 2 heterocycles. The highest BCUT2D eigenvalue weighted by Gasteiger charge is 2.38. The van der Waals surface area contributed by atoms with Crippen LogP contribution in [0.2, 0.25) is 0 Å². The van der Waals surface area contributed by atoms with Crippen molar-refractivity contribution in [2.75, 3.05) is 0 Å². The number of benzene rings is 1. The third-order valence-corrected chi connectivity index (χ3v) is 5.87. The van der Waals surface area contributed by atoms with Gasteiger partial charge in [0.15, 0.2) is 5.76 Å². The second kappa shape index (κ2) is 8.01. The van der Waals surface area contributed by atoms with E-state index >= 15 is 0 Å². The van der Waals surface area contributed by atoms with Gasteiger partial charge >= 0.3 is 0 Å². The molecule has 6 nitrogen and oxygen atoms in total. The molecule has 0 radical (unpaired) electrons. The molecule has 1 aliphatic carbocycles. The maximum atomic E-state index is 12.1. The van der Waals surface area contributed by atoms with Gasteiger partial charge in [-0.1, -0.05) is 50.2 Å². The quantitative estimate of drug-likeness (QED) is 0.637. The minimum absolute atomic E-state index is 0.155. The zero-order valence-electron chi connectivity index (χ0n) is 18.2. The second-order valence-corrected chi connectivity index (χ2v) is 8.60. The fourth-order valence-corrected chi connectivity index (χ4v) is 3.51. The van der Waals surface area contributed by atoms with E-state index in [2.05, 4.69) is 36.2 Å². The number of rotatable bonds is 6. The molecular weight excluding hydrogens is 376 g/mol. The Morgan fingerprint density at radius 3 is 2.50 bits per heavy atom. The summed E-state index contributed by atoms with van der Waals surface area (Å²) < 4.78 is 5.59. The Balaban J connectivity index is 1.62. The first-order chi connectivity index (χ1) is 14.3. The molecule has 4 rings (SSSR count). The molecule has 3 aromatic rings. The van der Waals surface area contributed by atoms with Crippen molar-refractivity contribution in [1.82, 2.24) is 20.4 Å². The van der Waals surface area contributed by atoms with Crippen molar-refractivity contribution in [1.29, 1.82) is 0 Å². The van der Waals surface area contributed by atoms with Gasteiger partial charge in [0.25, 0.3) is 0 Å². The Kier molecular flexibility index (Phi) is 5.41. The summed E-state index contributed by atoms with van der Waals surface area (Å²) in [6.45, 7) is 10.7. The summed E-state index contributed by atoms with van der Waals surface area (Å²) in [5.41, 5.74) is 5.56. The van der Waals surface area contributed by atoms with Crippen LogP contribution < -0.4 is 5.32 Å². The predicted molar refractivity (Wildman–Crippen MR) is 116 cm³/mol. The van der Waals surface area contributed by atoms with E-state index < -0.39 is 0 Å². The zero-order chi connectivity index (χ0) is 21.4. The van der Waals surface area contributed by atoms with Gasteiger partial charge in [-0.25, -0.2) is 9.97 Å². The molecule has 0 unspecified atom stereocenters. The highest BCUT2D eigenvalue weighted by molar-refractivity contribution is 5.81. The van der Waals surface area contributed by atoms with Gasteiger partial charge in [0, 0.05) is 35.7 Å². The molecule has 0 spiro atoms. The molecule has 2 aromatic heterocycles. The van der Waals surface area contributed by atoms with Crippen molar-refractivity contribution in [2.45, 2.75) is 53.5 Å². The standard InChI is InChI=1S/C24H28N4O2/c1-13(2)23-25-12-20(22-15(4)16(5)28-30-22)21(27-23)18-8-6-17(7-9-18)11-26-24(29)19-10-14(19)3/h6-9,12-14,19H,10-11H2,1-5H3,(H,26,29)/t14-,19+/m1/s1. The molecule has 1 aliphatic rings. The first-order valence-electron chi connectivity index (χ1n) is 10.5. The molecule has 0 saturated heterocycles. The SMILES string of the molecule is Cc1noc(-c2cnc(C(C)C)nc2-c2ccc(CNC(=O)[C@H]3C[C@H]3C)cc2)c1C. The van der Waals surface area contributed by atoms with Gasteiger partial charge in [0.05, 0.1) is 17.0 Å². The maximum absolute atomic E-state index is 12.1. The van der Waals surface area contributed by atoms with Crippen LogP contribution in [0.15, 0.2) is 35.0 Å². The van der Waals surface area contributed by atoms with Crippen LogP contribution in [0, 0.1) is 25.7 Å². The van der Waals surface area contributed by atoms with Crippen LogP contribution in [0.25, 0.3) is 22.6 Å². The lowest BCUT2D eigenvalue weighted by Crippen LogP contribution is -2.24. The molecule has 1 fully saturated rings. The van der Waals surface area contributed by atoms with Gasteiger partial charge in [0.2, 0.25) is 5.91 Å². The molecule has 6 heteroatoms. The number of hydrogen-bond acceptors (Lipinski definition) is 5. The first kappa shape index (κ1) is 20.3. The summed E-state index contributed by atoms with van der Waals surface area (Å²) in [6.07, 6.45) is 2.83. The summed E-state index contributed by atoms with van der Waals surface area (Å²) in [4.78, 5) is 21.5. The summed E-state index contributed by atoms with van der Waals surface area (Å²) in [6, 6.07) is 8.14. The van der Waals surface area contributed by atoms with Crippen LogP contribution in [0.1, 0.15) is 55.8 Å². The van der Waals surface area contributed by atoms with Crippen molar-refractivity contribution in [3.05, 3.63) is 53.1 Å². The Morgan fingerprint density at radius 1 is 1.23 bits per heavy atom. The van der Waals surface area contributed by atoms with Crippen molar-refractivity contribution in [2.24, 2.45) is 11.8 Å². The Bertz CT molecular complexity index is 1070. The van der Waals surface area contributed by atoms with Gasteiger partial charge in [-0.05, 0) is 31.7 Å². The highest BCUT2D eigenvalue weighted by Crippen LogP contribution is 2.38. The van der Waals surface area contributed by atoms with Crippen molar-refractivity contribution in [3.8, 4) is 22.6 Å². The topological polar surface area (TPSA) is 80.9 Å². The van der Waals surface area contributed by atoms with E-state index in [0.29, 0.717) is 18.2 Å². The predicted octanol–water partition coefficient (Wildman–Crippen LogP) is 4.81. The molecular formula is C24H28N4O2. The molecule has 1 saturated carbocycles. The van der Waals surface area contributed by atoms with E-state index in [9.17, 15) is 4.79 Å². The molecule has 0 aliphatic heterocycles. The monoisotopic (exact) mass is 404 g/mol. The average molecular weight is 405 g/mol. The van der Waals surface area contributed by atoms with E-state index in [1.165, 1.54) is 0 Å². The fourth-order valence-electron chi connectivity index (χ4n) is 3.51. The lowest BCUT2D eigenvalue weighted by Gasteiger charge is -2.12. The minimum Gasteiger partial charge on any atom is -0.356 e. The van der Waals surface area contributed by atoms with Crippen molar-refractivity contribution in [3.63, 3.8) is 0 Å². The van der Waals surface area contributed by atoms with Crippen LogP contribution in [0.5, 0.6) is 0 Å². The molecule has 1 aromatic carbocycles. The van der Waals surface area contributed by atoms with Gasteiger partial charge < -0.3 is 9.84 Å². The normalized spacial score (nSPS) is 17.9. The maximum Gasteiger partial charge on any atom is 0.223 e. The summed E-state index contributed by atoms with van der Waals surface area (Å²) in [5.74, 6) is 2.57. The zero-order valence-corrected chi connectivity index (χ0v) is 18.2. The van der Waals surface area contributed by atoms with Crippen LogP contribution in [0.4, 0.5) is 0 Å². The number of carbonyl (C=O) groups excluding carboxylic acids is 1. The van der Waals surface area contributed by atoms with E-state index in [1.807, 2.05) is 44.3 Å². The van der Waals surface area contributed by atoms with Gasteiger partial charge in [-0.3, -0.25) is 4.79 Å². The van der Waals surface area contributed by atoms with Crippen molar-refractivity contribution < 1.29 is 9.32 Å². The van der Waals surface area contributed by atoms with Crippen LogP contribution >= 0.6 is 0 Å². The Hall–Kier alpha value is -3.02. The summed E-state index contributed by atoms with van der Waals surface area (Å²) in [7, 11) is 0. The number of amides is 1. The van der Waals surface area contributed by atoms with Crippen LogP contribution in [0.3, 0.4) is 0 Å². The number of nitrogens with one attached hydrogen (secondary N) is 1. The van der Waals surface area contributed by atoms with E-state index in [1.54, 1.807) is 0 Å². The van der Waals surface area contributed by atoms with E-state index in [-0.39, 0.29) is 17.7 Å². The molecule has 156 valence electrons. The smallest absolute Gasteiger partial charge is 0.223 e. The van der Waals surface area contributed by atoms with E-state index in [4.69, 9.17) is 9.51 Å². The third kappa shape index (κ3) is 3.99. The van der Waals surface area contributed by atoms with E-state index in [0.717, 1.165) is 45.9 Å². The molecule has 1 N–H and O–H groups in total. The molecule has 2 atom stereocenters. The number of carbonyl (C=O) groups is 1. The summed E-state index contributed by atoms with van der Waals surface area (Å²) in [5, 5.41) is 7.13. The lowest BCUT2D eigenvalue weighted by molar-refractivity contribution is -0.122. The summed E-state index contributed by atoms with van der Waals surface area (Å²) >= 11 is 0. The highest BCUT2D eigenvalue weighted by atomic mass is 16.5. The lowest BCUT2D eigenvalue weighted by atomic mass is 10.0. The van der Waals surface area contributed by atoms with Gasteiger partial charge in [-0.2, -0.15) is 0 Å². The minimum atomic E-state index is 0.155. The van der Waals surface area contributed by atoms with Crippen LogP contribution in [-0.2, 0) is 11.3 Å².